The quantitative estimate of drug-likeness (QED) is 0.629. The number of carbonyl (C=O) groups excluding carboxylic acids is 2. The Morgan fingerprint density at radius 1 is 1.20 bits per heavy atom. The minimum absolute atomic E-state index is 0.0467. The first-order valence-corrected chi connectivity index (χ1v) is 9.50. The average Bonchev–Trinajstić information content (AvgIpc) is 3.48. The molecule has 0 atom stereocenters. The van der Waals surface area contributed by atoms with Crippen LogP contribution in [0, 0.1) is 31.4 Å². The van der Waals surface area contributed by atoms with Gasteiger partial charge in [-0.3, -0.25) is 24.8 Å². The van der Waals surface area contributed by atoms with Crippen LogP contribution in [0.25, 0.3) is 5.65 Å². The van der Waals surface area contributed by atoms with Gasteiger partial charge in [0.1, 0.15) is 23.9 Å². The Kier molecular flexibility index (Phi) is 5.11. The molecule has 1 aromatic carbocycles. The third-order valence-corrected chi connectivity index (χ3v) is 4.89. The van der Waals surface area contributed by atoms with Crippen LogP contribution in [-0.4, -0.2) is 21.2 Å². The number of ether oxygens (including phenoxy) is 1. The van der Waals surface area contributed by atoms with Crippen LogP contribution in [-0.2, 0) is 11.4 Å². The Labute approximate surface area is 171 Å². The highest BCUT2D eigenvalue weighted by atomic mass is 19.1. The molecule has 30 heavy (non-hydrogen) atoms. The summed E-state index contributed by atoms with van der Waals surface area (Å²) in [6.07, 6.45) is 3.33. The van der Waals surface area contributed by atoms with Crippen LogP contribution in [0.4, 0.5) is 8.78 Å². The van der Waals surface area contributed by atoms with E-state index >= 15 is 0 Å². The predicted octanol–water partition coefficient (Wildman–Crippen LogP) is 2.98. The lowest BCUT2D eigenvalue weighted by molar-refractivity contribution is -0.123. The number of aryl methyl sites for hydroxylation is 2. The van der Waals surface area contributed by atoms with Crippen LogP contribution in [0.1, 0.15) is 40.2 Å². The molecular formula is C21H20F2N4O3. The number of benzene rings is 1. The van der Waals surface area contributed by atoms with Gasteiger partial charge in [0.15, 0.2) is 11.4 Å². The van der Waals surface area contributed by atoms with Gasteiger partial charge in [0.05, 0.1) is 11.3 Å². The van der Waals surface area contributed by atoms with E-state index in [1.165, 1.54) is 10.5 Å². The van der Waals surface area contributed by atoms with Gasteiger partial charge < -0.3 is 4.74 Å². The van der Waals surface area contributed by atoms with E-state index in [1.807, 2.05) is 0 Å². The Hall–Kier alpha value is -3.49. The van der Waals surface area contributed by atoms with Gasteiger partial charge >= 0.3 is 0 Å². The number of imidazole rings is 1. The number of fused-ring (bicyclic) bond motifs is 1. The molecular weight excluding hydrogens is 394 g/mol. The number of hydrazine groups is 1. The number of hydrogen-bond acceptors (Lipinski definition) is 4. The summed E-state index contributed by atoms with van der Waals surface area (Å²) in [5, 5.41) is 0. The monoisotopic (exact) mass is 414 g/mol. The molecule has 0 radical (unpaired) electrons. The molecule has 0 unspecified atom stereocenters. The molecule has 1 saturated carbocycles. The standard InChI is InChI=1S/C21H20F2N4O3/c1-11-8-17(30-10-14-15(22)4-3-5-16(14)23)19-24-12(2)18(27(19)9-11)21(29)26-25-20(28)13-6-7-13/h3-5,8-9,13H,6-7,10H2,1-2H3,(H,25,28)(H,26,29). The van der Waals surface area contributed by atoms with Crippen LogP contribution in [0.5, 0.6) is 5.75 Å². The number of pyridine rings is 1. The summed E-state index contributed by atoms with van der Waals surface area (Å²) in [6.45, 7) is 3.12. The van der Waals surface area contributed by atoms with E-state index in [1.54, 1.807) is 26.1 Å². The molecule has 0 aliphatic heterocycles. The molecule has 0 saturated heterocycles. The van der Waals surface area contributed by atoms with Gasteiger partial charge in [-0.15, -0.1) is 0 Å². The van der Waals surface area contributed by atoms with Gasteiger partial charge in [0.25, 0.3) is 5.91 Å². The molecule has 2 amide bonds. The number of aromatic nitrogens is 2. The van der Waals surface area contributed by atoms with E-state index in [-0.39, 0.29) is 35.4 Å². The molecule has 1 fully saturated rings. The number of carbonyl (C=O) groups is 2. The van der Waals surface area contributed by atoms with Crippen LogP contribution in [0.2, 0.25) is 0 Å². The zero-order chi connectivity index (χ0) is 21.4. The molecule has 0 bridgehead atoms. The van der Waals surface area contributed by atoms with Gasteiger partial charge in [0, 0.05) is 12.1 Å². The average molecular weight is 414 g/mol. The zero-order valence-electron chi connectivity index (χ0n) is 16.5. The second-order valence-electron chi connectivity index (χ2n) is 7.33. The molecule has 7 nitrogen and oxygen atoms in total. The van der Waals surface area contributed by atoms with Crippen molar-refractivity contribution in [2.75, 3.05) is 0 Å². The molecule has 1 aliphatic rings. The van der Waals surface area contributed by atoms with Crippen molar-refractivity contribution in [1.82, 2.24) is 20.2 Å². The maximum atomic E-state index is 13.9. The van der Waals surface area contributed by atoms with E-state index in [2.05, 4.69) is 15.8 Å². The van der Waals surface area contributed by atoms with Crippen molar-refractivity contribution >= 4 is 17.5 Å². The van der Waals surface area contributed by atoms with Crippen molar-refractivity contribution in [1.29, 1.82) is 0 Å². The molecule has 156 valence electrons. The van der Waals surface area contributed by atoms with E-state index < -0.39 is 17.5 Å². The largest absolute Gasteiger partial charge is 0.485 e. The normalized spacial score (nSPS) is 13.3. The van der Waals surface area contributed by atoms with Crippen molar-refractivity contribution in [3.05, 3.63) is 64.6 Å². The van der Waals surface area contributed by atoms with E-state index in [4.69, 9.17) is 4.74 Å². The smallest absolute Gasteiger partial charge is 0.288 e. The molecule has 1 aliphatic carbocycles. The van der Waals surface area contributed by atoms with Crippen LogP contribution >= 0.6 is 0 Å². The second-order valence-corrected chi connectivity index (χ2v) is 7.33. The van der Waals surface area contributed by atoms with Crippen LogP contribution < -0.4 is 15.6 Å². The summed E-state index contributed by atoms with van der Waals surface area (Å²) in [5.74, 6) is -1.92. The second kappa shape index (κ2) is 7.74. The first-order valence-electron chi connectivity index (χ1n) is 9.50. The highest BCUT2D eigenvalue weighted by Crippen LogP contribution is 2.28. The van der Waals surface area contributed by atoms with Crippen LogP contribution in [0.3, 0.4) is 0 Å². The van der Waals surface area contributed by atoms with Crippen molar-refractivity contribution < 1.29 is 23.1 Å². The Morgan fingerprint density at radius 3 is 2.57 bits per heavy atom. The predicted molar refractivity (Wildman–Crippen MR) is 104 cm³/mol. The molecule has 0 spiro atoms. The highest BCUT2D eigenvalue weighted by molar-refractivity contribution is 5.96. The molecule has 2 heterocycles. The van der Waals surface area contributed by atoms with E-state index in [0.29, 0.717) is 11.3 Å². The fourth-order valence-electron chi connectivity index (χ4n) is 3.18. The lowest BCUT2D eigenvalue weighted by atomic mass is 10.2. The number of nitrogens with zero attached hydrogens (tertiary/aromatic N) is 2. The summed E-state index contributed by atoms with van der Waals surface area (Å²) >= 11 is 0. The van der Waals surface area contributed by atoms with Gasteiger partial charge in [-0.05, 0) is 50.5 Å². The highest BCUT2D eigenvalue weighted by Gasteiger charge is 2.30. The fourth-order valence-corrected chi connectivity index (χ4v) is 3.18. The summed E-state index contributed by atoms with van der Waals surface area (Å²) in [7, 11) is 0. The molecule has 9 heteroatoms. The van der Waals surface area contributed by atoms with Crippen LogP contribution in [0.15, 0.2) is 30.5 Å². The van der Waals surface area contributed by atoms with Crippen molar-refractivity contribution in [2.45, 2.75) is 33.3 Å². The Balaban J connectivity index is 1.61. The van der Waals surface area contributed by atoms with Gasteiger partial charge in [-0.1, -0.05) is 6.07 Å². The lowest BCUT2D eigenvalue weighted by Gasteiger charge is -2.11. The maximum absolute atomic E-state index is 13.9. The zero-order valence-corrected chi connectivity index (χ0v) is 16.5. The van der Waals surface area contributed by atoms with Gasteiger partial charge in [-0.2, -0.15) is 0 Å². The lowest BCUT2D eigenvalue weighted by Crippen LogP contribution is -2.43. The number of halogens is 2. The number of rotatable bonds is 5. The SMILES string of the molecule is Cc1cc(OCc2c(F)cccc2F)c2nc(C)c(C(=O)NNC(=O)C3CC3)n2c1. The Bertz CT molecular complexity index is 1130. The van der Waals surface area contributed by atoms with Crippen molar-refractivity contribution in [3.63, 3.8) is 0 Å². The van der Waals surface area contributed by atoms with E-state index in [9.17, 15) is 18.4 Å². The van der Waals surface area contributed by atoms with E-state index in [0.717, 1.165) is 30.5 Å². The Morgan fingerprint density at radius 2 is 1.90 bits per heavy atom. The number of hydrogen-bond donors (Lipinski definition) is 2. The summed E-state index contributed by atoms with van der Waals surface area (Å²) in [5.41, 5.74) is 6.36. The minimum Gasteiger partial charge on any atom is -0.485 e. The first-order chi connectivity index (χ1) is 14.3. The van der Waals surface area contributed by atoms with Gasteiger partial charge in [0.2, 0.25) is 5.91 Å². The third kappa shape index (κ3) is 3.83. The molecule has 2 aromatic heterocycles. The van der Waals surface area contributed by atoms with Crippen molar-refractivity contribution in [2.24, 2.45) is 5.92 Å². The first kappa shape index (κ1) is 19.8. The topological polar surface area (TPSA) is 84.7 Å². The minimum atomic E-state index is -0.704. The number of nitrogens with one attached hydrogen (secondary N) is 2. The van der Waals surface area contributed by atoms with Gasteiger partial charge in [-0.25, -0.2) is 13.8 Å². The number of amides is 2. The summed E-state index contributed by atoms with van der Waals surface area (Å²) < 4.78 is 35.0. The maximum Gasteiger partial charge on any atom is 0.288 e. The summed E-state index contributed by atoms with van der Waals surface area (Å²) in [6, 6.07) is 5.28. The fraction of sp³-hybridized carbons (Fsp3) is 0.286. The molecule has 2 N–H and O–H groups in total. The third-order valence-electron chi connectivity index (χ3n) is 4.89. The molecule has 3 aromatic rings. The molecule has 4 rings (SSSR count). The van der Waals surface area contributed by atoms with Crippen molar-refractivity contribution in [3.8, 4) is 5.75 Å². The summed E-state index contributed by atoms with van der Waals surface area (Å²) in [4.78, 5) is 28.8.